The number of nitro benzene ring substituents is 1. The van der Waals surface area contributed by atoms with Gasteiger partial charge in [-0.2, -0.15) is 0 Å². The first-order valence-corrected chi connectivity index (χ1v) is 12.9. The highest BCUT2D eigenvalue weighted by atomic mass is 35.5. The monoisotopic (exact) mass is 579 g/mol. The van der Waals surface area contributed by atoms with Crippen LogP contribution < -0.4 is 19.5 Å². The minimum absolute atomic E-state index is 0.0274. The number of urea groups is 1. The first-order chi connectivity index (χ1) is 19.7. The van der Waals surface area contributed by atoms with Crippen LogP contribution in [0.25, 0.3) is 6.08 Å². The summed E-state index contributed by atoms with van der Waals surface area (Å²) in [5, 5.41) is 13.2. The van der Waals surface area contributed by atoms with Gasteiger partial charge in [-0.3, -0.25) is 29.9 Å². The molecular formula is C29H26ClN3O8. The van der Waals surface area contributed by atoms with Crippen LogP contribution >= 0.6 is 11.6 Å². The summed E-state index contributed by atoms with van der Waals surface area (Å²) in [5.41, 5.74) is 1.47. The number of benzene rings is 3. The van der Waals surface area contributed by atoms with E-state index in [2.05, 4.69) is 5.32 Å². The van der Waals surface area contributed by atoms with Gasteiger partial charge in [-0.1, -0.05) is 30.7 Å². The third-order valence-electron chi connectivity index (χ3n) is 6.02. The molecule has 0 spiro atoms. The van der Waals surface area contributed by atoms with E-state index in [-0.39, 0.29) is 29.4 Å². The van der Waals surface area contributed by atoms with E-state index in [0.29, 0.717) is 40.5 Å². The lowest BCUT2D eigenvalue weighted by Gasteiger charge is -2.26. The molecule has 0 radical (unpaired) electrons. The van der Waals surface area contributed by atoms with Gasteiger partial charge in [0.25, 0.3) is 17.5 Å². The second-order valence-corrected chi connectivity index (χ2v) is 9.35. The molecule has 4 amide bonds. The van der Waals surface area contributed by atoms with Crippen molar-refractivity contribution in [2.75, 3.05) is 13.7 Å². The van der Waals surface area contributed by atoms with E-state index in [1.165, 1.54) is 31.4 Å². The maximum Gasteiger partial charge on any atom is 0.331 e. The van der Waals surface area contributed by atoms with Crippen molar-refractivity contribution < 1.29 is 33.5 Å². The van der Waals surface area contributed by atoms with E-state index in [4.69, 9.17) is 25.8 Å². The topological polar surface area (TPSA) is 137 Å². The number of rotatable bonds is 11. The maximum atomic E-state index is 13.2. The Labute approximate surface area is 240 Å². The van der Waals surface area contributed by atoms with E-state index in [9.17, 15) is 24.5 Å². The summed E-state index contributed by atoms with van der Waals surface area (Å²) in [4.78, 5) is 49.6. The van der Waals surface area contributed by atoms with Crippen molar-refractivity contribution in [3.05, 3.63) is 98.1 Å². The van der Waals surface area contributed by atoms with Crippen molar-refractivity contribution in [1.29, 1.82) is 0 Å². The zero-order valence-electron chi connectivity index (χ0n) is 22.2. The molecule has 1 aliphatic rings. The number of imide groups is 2. The number of ether oxygens (including phenoxy) is 3. The van der Waals surface area contributed by atoms with Crippen molar-refractivity contribution in [2.45, 2.75) is 26.5 Å². The van der Waals surface area contributed by atoms with Crippen LogP contribution in [0.15, 0.2) is 66.2 Å². The minimum atomic E-state index is -0.838. The molecular weight excluding hydrogens is 554 g/mol. The number of non-ortho nitro benzene ring substituents is 1. The van der Waals surface area contributed by atoms with E-state index in [1.54, 1.807) is 42.5 Å². The van der Waals surface area contributed by atoms with E-state index < -0.39 is 22.8 Å². The Bertz CT molecular complexity index is 1520. The molecule has 0 bridgehead atoms. The molecule has 1 heterocycles. The summed E-state index contributed by atoms with van der Waals surface area (Å²) in [7, 11) is 1.49. The third kappa shape index (κ3) is 7.00. The number of carbonyl (C=O) groups is 3. The largest absolute Gasteiger partial charge is 0.493 e. The highest BCUT2D eigenvalue weighted by Gasteiger charge is 2.35. The number of nitrogens with one attached hydrogen (secondary N) is 1. The number of nitrogens with zero attached hydrogens (tertiary/aromatic N) is 2. The number of halogens is 1. The van der Waals surface area contributed by atoms with Crippen molar-refractivity contribution in [2.24, 2.45) is 0 Å². The fourth-order valence-electron chi connectivity index (χ4n) is 3.93. The first-order valence-electron chi connectivity index (χ1n) is 12.5. The Morgan fingerprint density at radius 2 is 1.66 bits per heavy atom. The zero-order valence-corrected chi connectivity index (χ0v) is 23.0. The normalized spacial score (nSPS) is 14.2. The quantitative estimate of drug-likeness (QED) is 0.140. The molecule has 212 valence electrons. The van der Waals surface area contributed by atoms with Crippen LogP contribution in [0.4, 0.5) is 10.5 Å². The van der Waals surface area contributed by atoms with Crippen molar-refractivity contribution in [3.8, 4) is 17.2 Å². The van der Waals surface area contributed by atoms with Gasteiger partial charge in [0.05, 0.1) is 30.2 Å². The molecule has 0 unspecified atom stereocenters. The standard InChI is InChI=1S/C29H26ClN3O8/c1-3-12-40-25-11-7-20(15-26(25)39-2)16-32-28(35)22(27(34)31-29(32)36)13-19-6-10-24(23(30)14-19)41-17-18-4-8-21(9-5-18)33(37)38/h4-11,13-15H,3,12,16-17H2,1-2H3,(H,31,34,36)/b22-13+. The molecule has 1 fully saturated rings. The van der Waals surface area contributed by atoms with Gasteiger partial charge in [0.1, 0.15) is 17.9 Å². The Hall–Kier alpha value is -4.90. The van der Waals surface area contributed by atoms with E-state index in [0.717, 1.165) is 11.3 Å². The molecule has 0 atom stereocenters. The predicted molar refractivity (Wildman–Crippen MR) is 150 cm³/mol. The molecule has 0 saturated carbocycles. The Morgan fingerprint density at radius 3 is 2.32 bits per heavy atom. The van der Waals surface area contributed by atoms with Crippen molar-refractivity contribution in [3.63, 3.8) is 0 Å². The second-order valence-electron chi connectivity index (χ2n) is 8.94. The molecule has 12 heteroatoms. The van der Waals surface area contributed by atoms with Gasteiger partial charge in [0.2, 0.25) is 0 Å². The van der Waals surface area contributed by atoms with Gasteiger partial charge in [-0.05, 0) is 65.6 Å². The fourth-order valence-corrected chi connectivity index (χ4v) is 4.17. The lowest BCUT2D eigenvalue weighted by Crippen LogP contribution is -2.53. The van der Waals surface area contributed by atoms with Crippen LogP contribution in [0, 0.1) is 10.1 Å². The summed E-state index contributed by atoms with van der Waals surface area (Å²) >= 11 is 6.37. The van der Waals surface area contributed by atoms with Crippen LogP contribution in [0.1, 0.15) is 30.0 Å². The van der Waals surface area contributed by atoms with E-state index >= 15 is 0 Å². The Morgan fingerprint density at radius 1 is 0.951 bits per heavy atom. The smallest absolute Gasteiger partial charge is 0.331 e. The minimum Gasteiger partial charge on any atom is -0.493 e. The molecule has 41 heavy (non-hydrogen) atoms. The number of barbiturate groups is 1. The van der Waals surface area contributed by atoms with Gasteiger partial charge in [0, 0.05) is 12.1 Å². The first kappa shape index (κ1) is 29.1. The number of nitro groups is 1. The SMILES string of the molecule is CCCOc1ccc(CN2C(=O)NC(=O)/C(=C\c3ccc(OCc4ccc([N+](=O)[O-])cc4)c(Cl)c3)C2=O)cc1OC. The van der Waals surface area contributed by atoms with E-state index in [1.807, 2.05) is 6.92 Å². The van der Waals surface area contributed by atoms with Gasteiger partial charge in [0.15, 0.2) is 11.5 Å². The molecule has 3 aromatic rings. The molecule has 3 aromatic carbocycles. The van der Waals surface area contributed by atoms with Crippen LogP contribution in [0.5, 0.6) is 17.2 Å². The fraction of sp³-hybridized carbons (Fsp3) is 0.207. The van der Waals surface area contributed by atoms with Crippen molar-refractivity contribution in [1.82, 2.24) is 10.2 Å². The molecule has 1 aliphatic heterocycles. The summed E-state index contributed by atoms with van der Waals surface area (Å²) in [5.74, 6) is -0.257. The summed E-state index contributed by atoms with van der Waals surface area (Å²) in [6.07, 6.45) is 2.16. The zero-order chi connectivity index (χ0) is 29.5. The molecule has 1 saturated heterocycles. The molecule has 11 nitrogen and oxygen atoms in total. The second kappa shape index (κ2) is 13.0. The van der Waals surface area contributed by atoms with Crippen LogP contribution in [-0.2, 0) is 22.7 Å². The average Bonchev–Trinajstić information content (AvgIpc) is 2.96. The lowest BCUT2D eigenvalue weighted by molar-refractivity contribution is -0.384. The van der Waals surface area contributed by atoms with Crippen LogP contribution in [-0.4, -0.2) is 41.4 Å². The number of hydrogen-bond acceptors (Lipinski definition) is 8. The van der Waals surface area contributed by atoms with Crippen molar-refractivity contribution >= 4 is 41.2 Å². The maximum absolute atomic E-state index is 13.2. The molecule has 1 N–H and O–H groups in total. The van der Waals surface area contributed by atoms with Gasteiger partial charge >= 0.3 is 6.03 Å². The lowest BCUT2D eigenvalue weighted by atomic mass is 10.1. The summed E-state index contributed by atoms with van der Waals surface area (Å²) in [6.45, 7) is 2.51. The number of carbonyl (C=O) groups excluding carboxylic acids is 3. The third-order valence-corrected chi connectivity index (χ3v) is 6.32. The van der Waals surface area contributed by atoms with Gasteiger partial charge in [-0.15, -0.1) is 0 Å². The average molecular weight is 580 g/mol. The summed E-state index contributed by atoms with van der Waals surface area (Å²) in [6, 6.07) is 14.8. The number of hydrogen-bond donors (Lipinski definition) is 1. The molecule has 0 aliphatic carbocycles. The molecule has 4 rings (SSSR count). The Kier molecular flexibility index (Phi) is 9.20. The highest BCUT2D eigenvalue weighted by Crippen LogP contribution is 2.30. The number of amides is 4. The summed E-state index contributed by atoms with van der Waals surface area (Å²) < 4.78 is 16.7. The molecule has 0 aromatic heterocycles. The van der Waals surface area contributed by atoms with Crippen LogP contribution in [0.3, 0.4) is 0 Å². The van der Waals surface area contributed by atoms with Gasteiger partial charge < -0.3 is 14.2 Å². The van der Waals surface area contributed by atoms with Crippen LogP contribution in [0.2, 0.25) is 5.02 Å². The highest BCUT2D eigenvalue weighted by molar-refractivity contribution is 6.33. The Balaban J connectivity index is 1.48. The predicted octanol–water partition coefficient (Wildman–Crippen LogP) is 5.29. The van der Waals surface area contributed by atoms with Gasteiger partial charge in [-0.25, -0.2) is 4.79 Å². The number of methoxy groups -OCH3 is 1.